The number of hydrogen-bond acceptors (Lipinski definition) is 1. The zero-order valence-electron chi connectivity index (χ0n) is 17.7. The highest BCUT2D eigenvalue weighted by molar-refractivity contribution is 5.34. The number of rotatable bonds is 6. The number of nitrogens with two attached hydrogens (primary N) is 1. The molecule has 3 aliphatic rings. The summed E-state index contributed by atoms with van der Waals surface area (Å²) in [6.45, 7) is 14.0. The molecule has 0 aliphatic heterocycles. The van der Waals surface area contributed by atoms with Gasteiger partial charge in [-0.25, -0.2) is 0 Å². The molecule has 3 rings (SSSR count). The van der Waals surface area contributed by atoms with Crippen molar-refractivity contribution in [1.82, 2.24) is 0 Å². The molecule has 5 atom stereocenters. The highest BCUT2D eigenvalue weighted by Gasteiger charge is 2.59. The lowest BCUT2D eigenvalue weighted by Crippen LogP contribution is -2.55. The molecule has 2 N–H and O–H groups in total. The van der Waals surface area contributed by atoms with E-state index in [0.29, 0.717) is 10.8 Å². The predicted molar refractivity (Wildman–Crippen MR) is 114 cm³/mol. The Balaban J connectivity index is 2.10. The molecule has 146 valence electrons. The first-order chi connectivity index (χ1) is 12.4. The van der Waals surface area contributed by atoms with Gasteiger partial charge in [0.2, 0.25) is 0 Å². The van der Waals surface area contributed by atoms with Crippen LogP contribution in [0.15, 0.2) is 36.1 Å². The second-order valence-electron chi connectivity index (χ2n) is 9.80. The van der Waals surface area contributed by atoms with E-state index in [9.17, 15) is 0 Å². The summed E-state index contributed by atoms with van der Waals surface area (Å²) in [5.41, 5.74) is 10.0. The molecule has 0 heterocycles. The third-order valence-electron chi connectivity index (χ3n) is 8.78. The predicted octanol–water partition coefficient (Wildman–Crippen LogP) is 7.15. The van der Waals surface area contributed by atoms with Crippen LogP contribution in [0.5, 0.6) is 0 Å². The second kappa shape index (κ2) is 7.21. The minimum atomic E-state index is 0.128. The summed E-state index contributed by atoms with van der Waals surface area (Å²) in [6.07, 6.45) is 20.1. The van der Waals surface area contributed by atoms with E-state index in [1.165, 1.54) is 57.8 Å². The number of hydrogen-bond donors (Lipinski definition) is 1. The van der Waals surface area contributed by atoms with Crippen molar-refractivity contribution in [3.05, 3.63) is 36.1 Å². The largest absolute Gasteiger partial charge is 0.402 e. The normalized spacial score (nSPS) is 42.4. The molecule has 0 spiro atoms. The number of allylic oxidation sites excluding steroid dienone is 5. The van der Waals surface area contributed by atoms with Crippen molar-refractivity contribution >= 4 is 0 Å². The quantitative estimate of drug-likeness (QED) is 0.537. The van der Waals surface area contributed by atoms with Crippen LogP contribution in [0.3, 0.4) is 0 Å². The van der Waals surface area contributed by atoms with Gasteiger partial charge in [0.25, 0.3) is 0 Å². The third kappa shape index (κ3) is 2.90. The summed E-state index contributed by atoms with van der Waals surface area (Å²) < 4.78 is 0. The average molecular weight is 356 g/mol. The third-order valence-corrected chi connectivity index (χ3v) is 8.78. The summed E-state index contributed by atoms with van der Waals surface area (Å²) in [5, 5.41) is 0. The Morgan fingerprint density at radius 2 is 1.92 bits per heavy atom. The summed E-state index contributed by atoms with van der Waals surface area (Å²) in [7, 11) is 0. The van der Waals surface area contributed by atoms with Crippen LogP contribution in [0.4, 0.5) is 0 Å². The maximum atomic E-state index is 6.51. The van der Waals surface area contributed by atoms with Crippen molar-refractivity contribution in [3.63, 3.8) is 0 Å². The molecule has 0 aromatic heterocycles. The molecule has 0 radical (unpaired) electrons. The van der Waals surface area contributed by atoms with E-state index >= 15 is 0 Å². The first kappa shape index (κ1) is 19.8. The molecule has 26 heavy (non-hydrogen) atoms. The van der Waals surface area contributed by atoms with E-state index in [1.54, 1.807) is 5.57 Å². The molecule has 0 aromatic carbocycles. The maximum absolute atomic E-state index is 6.51. The Morgan fingerprint density at radius 3 is 2.46 bits per heavy atom. The Bertz CT molecular complexity index is 595. The number of fused-ring (bicyclic) bond motifs is 2. The maximum Gasteiger partial charge on any atom is 0.0101 e. The average Bonchev–Trinajstić information content (AvgIpc) is 2.65. The van der Waals surface area contributed by atoms with Gasteiger partial charge in [-0.05, 0) is 86.0 Å². The van der Waals surface area contributed by atoms with Gasteiger partial charge in [0.15, 0.2) is 0 Å². The Hall–Kier alpha value is -0.980. The topological polar surface area (TPSA) is 26.0 Å². The molecule has 5 unspecified atom stereocenters. The summed E-state index contributed by atoms with van der Waals surface area (Å²) in [5.74, 6) is 1.57. The van der Waals surface area contributed by atoms with Crippen molar-refractivity contribution in [2.24, 2.45) is 33.8 Å². The SMILES string of the molecule is C=C(N)C1(CC)CC2CC(C3=CCCC=C3)(CC(C)C2(CC)CCC)C1. The first-order valence-electron chi connectivity index (χ1n) is 11.2. The van der Waals surface area contributed by atoms with Crippen molar-refractivity contribution in [3.8, 4) is 0 Å². The van der Waals surface area contributed by atoms with Crippen LogP contribution < -0.4 is 5.73 Å². The summed E-state index contributed by atoms with van der Waals surface area (Å²) in [4.78, 5) is 0. The fraction of sp³-hybridized carbons (Fsp3) is 0.760. The molecule has 0 amide bonds. The molecular weight excluding hydrogens is 314 g/mol. The zero-order chi connectivity index (χ0) is 19.0. The summed E-state index contributed by atoms with van der Waals surface area (Å²) in [6, 6.07) is 0. The lowest BCUT2D eigenvalue weighted by Gasteiger charge is -2.63. The fourth-order valence-electron chi connectivity index (χ4n) is 7.38. The standard InChI is InChI=1S/C25H41N/c1-6-14-25(8-3)19(4)15-24(21-12-10-9-11-13-21)17-22(25)16-23(7-2,18-24)20(5)26/h10,12-13,19,22H,5-9,11,14-18,26H2,1-4H3. The lowest BCUT2D eigenvalue weighted by atomic mass is 9.41. The van der Waals surface area contributed by atoms with Gasteiger partial charge in [-0.2, -0.15) is 0 Å². The molecular formula is C25H41N. The van der Waals surface area contributed by atoms with Crippen LogP contribution in [0.25, 0.3) is 0 Å². The van der Waals surface area contributed by atoms with E-state index in [4.69, 9.17) is 5.73 Å². The Labute approximate surface area is 162 Å². The van der Waals surface area contributed by atoms with Crippen LogP contribution in [0.2, 0.25) is 0 Å². The molecule has 1 nitrogen and oxygen atoms in total. The Morgan fingerprint density at radius 1 is 1.15 bits per heavy atom. The van der Waals surface area contributed by atoms with E-state index in [2.05, 4.69) is 52.5 Å². The van der Waals surface area contributed by atoms with Gasteiger partial charge in [-0.15, -0.1) is 0 Å². The highest BCUT2D eigenvalue weighted by Crippen LogP contribution is 2.69. The van der Waals surface area contributed by atoms with Crippen LogP contribution in [0.1, 0.15) is 91.9 Å². The van der Waals surface area contributed by atoms with E-state index < -0.39 is 0 Å². The molecule has 2 saturated carbocycles. The van der Waals surface area contributed by atoms with Gasteiger partial charge >= 0.3 is 0 Å². The van der Waals surface area contributed by atoms with Crippen molar-refractivity contribution < 1.29 is 0 Å². The second-order valence-corrected chi connectivity index (χ2v) is 9.80. The van der Waals surface area contributed by atoms with Crippen LogP contribution in [-0.4, -0.2) is 0 Å². The van der Waals surface area contributed by atoms with Crippen LogP contribution >= 0.6 is 0 Å². The molecule has 0 saturated heterocycles. The van der Waals surface area contributed by atoms with Gasteiger partial charge in [0.1, 0.15) is 0 Å². The smallest absolute Gasteiger partial charge is 0.0101 e. The van der Waals surface area contributed by atoms with E-state index in [0.717, 1.165) is 24.0 Å². The van der Waals surface area contributed by atoms with Gasteiger partial charge in [-0.3, -0.25) is 0 Å². The lowest BCUT2D eigenvalue weighted by molar-refractivity contribution is -0.103. The van der Waals surface area contributed by atoms with Gasteiger partial charge in [-0.1, -0.05) is 58.9 Å². The first-order valence-corrected chi connectivity index (χ1v) is 11.2. The minimum absolute atomic E-state index is 0.128. The van der Waals surface area contributed by atoms with Gasteiger partial charge < -0.3 is 5.73 Å². The summed E-state index contributed by atoms with van der Waals surface area (Å²) >= 11 is 0. The molecule has 2 bridgehead atoms. The van der Waals surface area contributed by atoms with Crippen LogP contribution in [-0.2, 0) is 0 Å². The van der Waals surface area contributed by atoms with Crippen molar-refractivity contribution in [1.29, 1.82) is 0 Å². The van der Waals surface area contributed by atoms with E-state index in [-0.39, 0.29) is 5.41 Å². The highest BCUT2D eigenvalue weighted by atomic mass is 14.7. The van der Waals surface area contributed by atoms with Crippen LogP contribution in [0, 0.1) is 28.1 Å². The van der Waals surface area contributed by atoms with Gasteiger partial charge in [0, 0.05) is 11.1 Å². The van der Waals surface area contributed by atoms with Crippen molar-refractivity contribution in [2.75, 3.05) is 0 Å². The monoisotopic (exact) mass is 355 g/mol. The fourth-order valence-corrected chi connectivity index (χ4v) is 7.38. The Kier molecular flexibility index (Phi) is 5.48. The van der Waals surface area contributed by atoms with Gasteiger partial charge in [0.05, 0.1) is 0 Å². The molecule has 0 aromatic rings. The van der Waals surface area contributed by atoms with E-state index in [1.807, 2.05) is 0 Å². The molecule has 2 fully saturated rings. The molecule has 1 heteroatoms. The molecule has 3 aliphatic carbocycles. The zero-order valence-corrected chi connectivity index (χ0v) is 17.7. The van der Waals surface area contributed by atoms with Crippen molar-refractivity contribution in [2.45, 2.75) is 91.9 Å². The minimum Gasteiger partial charge on any atom is -0.402 e.